The third-order valence-corrected chi connectivity index (χ3v) is 3.42. The number of piperidine rings is 1. The van der Waals surface area contributed by atoms with Crippen molar-refractivity contribution in [2.75, 3.05) is 13.1 Å². The van der Waals surface area contributed by atoms with Crippen molar-refractivity contribution in [3.8, 4) is 0 Å². The lowest BCUT2D eigenvalue weighted by Gasteiger charge is -2.35. The minimum Gasteiger partial charge on any atom is -0.464 e. The molecule has 18 heavy (non-hydrogen) atoms. The van der Waals surface area contributed by atoms with Crippen molar-refractivity contribution in [2.45, 2.75) is 25.4 Å². The molecular formula is C13H19N3O2. The Morgan fingerprint density at radius 3 is 2.50 bits per heavy atom. The molecule has 1 aromatic rings. The molecule has 1 saturated heterocycles. The van der Waals surface area contributed by atoms with Gasteiger partial charge in [0.15, 0.2) is 0 Å². The zero-order valence-electron chi connectivity index (χ0n) is 10.3. The lowest BCUT2D eigenvalue weighted by atomic mass is 10.0. The van der Waals surface area contributed by atoms with Crippen LogP contribution in [0.15, 0.2) is 30.3 Å². The van der Waals surface area contributed by atoms with E-state index in [0.29, 0.717) is 0 Å². The van der Waals surface area contributed by atoms with Gasteiger partial charge in [0.05, 0.1) is 6.04 Å². The number of carboxylic acid groups (broad SMARTS) is 1. The van der Waals surface area contributed by atoms with Gasteiger partial charge in [-0.2, -0.15) is 0 Å². The van der Waals surface area contributed by atoms with E-state index in [4.69, 9.17) is 10.9 Å². The number of nitrogens with two attached hydrogens (primary N) is 1. The third-order valence-electron chi connectivity index (χ3n) is 3.42. The van der Waals surface area contributed by atoms with E-state index in [1.807, 2.05) is 18.2 Å². The van der Waals surface area contributed by atoms with Crippen LogP contribution in [0, 0.1) is 0 Å². The molecule has 0 radical (unpaired) electrons. The first-order valence-corrected chi connectivity index (χ1v) is 6.20. The lowest BCUT2D eigenvalue weighted by molar-refractivity contribution is 0.0889. The largest absolute Gasteiger partial charge is 0.464 e. The Hall–Kier alpha value is -1.59. The maximum Gasteiger partial charge on any atom is 0.421 e. The number of amides is 1. The molecule has 5 heteroatoms. The fraction of sp³-hybridized carbons (Fsp3) is 0.462. The molecule has 2 rings (SSSR count). The number of benzene rings is 1. The second kappa shape index (κ2) is 5.84. The zero-order valence-corrected chi connectivity index (χ0v) is 10.3. The summed E-state index contributed by atoms with van der Waals surface area (Å²) >= 11 is 0. The van der Waals surface area contributed by atoms with Gasteiger partial charge < -0.3 is 5.11 Å². The SMILES string of the molecule is NN(C(=O)O)C1CCN(Cc2ccccc2)CC1. The molecule has 0 aromatic heterocycles. The normalized spacial score (nSPS) is 17.6. The summed E-state index contributed by atoms with van der Waals surface area (Å²) in [5, 5.41) is 9.77. The lowest BCUT2D eigenvalue weighted by Crippen LogP contribution is -2.50. The van der Waals surface area contributed by atoms with Gasteiger partial charge in [-0.05, 0) is 18.4 Å². The van der Waals surface area contributed by atoms with Gasteiger partial charge in [0.25, 0.3) is 0 Å². The minimum atomic E-state index is -1.04. The second-order valence-corrected chi connectivity index (χ2v) is 4.68. The topological polar surface area (TPSA) is 69.8 Å². The molecule has 5 nitrogen and oxygen atoms in total. The van der Waals surface area contributed by atoms with Crippen LogP contribution in [0.5, 0.6) is 0 Å². The summed E-state index contributed by atoms with van der Waals surface area (Å²) < 4.78 is 0. The summed E-state index contributed by atoms with van der Waals surface area (Å²) in [5.74, 6) is 5.50. The van der Waals surface area contributed by atoms with Gasteiger partial charge >= 0.3 is 6.09 Å². The van der Waals surface area contributed by atoms with Gasteiger partial charge in [-0.1, -0.05) is 30.3 Å². The highest BCUT2D eigenvalue weighted by Gasteiger charge is 2.25. The maximum atomic E-state index is 10.8. The van der Waals surface area contributed by atoms with Crippen LogP contribution >= 0.6 is 0 Å². The fourth-order valence-electron chi connectivity index (χ4n) is 2.35. The summed E-state index contributed by atoms with van der Waals surface area (Å²) in [5.41, 5.74) is 1.29. The van der Waals surface area contributed by atoms with Crippen LogP contribution in [0.2, 0.25) is 0 Å². The fourth-order valence-corrected chi connectivity index (χ4v) is 2.35. The number of nitrogens with zero attached hydrogens (tertiary/aromatic N) is 2. The Labute approximate surface area is 107 Å². The molecule has 0 saturated carbocycles. The van der Waals surface area contributed by atoms with E-state index in [-0.39, 0.29) is 6.04 Å². The Balaban J connectivity index is 1.82. The molecular weight excluding hydrogens is 230 g/mol. The van der Waals surface area contributed by atoms with Crippen LogP contribution in [0.4, 0.5) is 4.79 Å². The standard InChI is InChI=1S/C13H19N3O2/c14-16(13(17)18)12-6-8-15(9-7-12)10-11-4-2-1-3-5-11/h1-5,12H,6-10,14H2,(H,17,18). The van der Waals surface area contributed by atoms with Crippen molar-refractivity contribution >= 4 is 6.09 Å². The van der Waals surface area contributed by atoms with Gasteiger partial charge in [-0.25, -0.2) is 15.6 Å². The van der Waals surface area contributed by atoms with Gasteiger partial charge in [0, 0.05) is 19.6 Å². The van der Waals surface area contributed by atoms with Crippen LogP contribution in [0.3, 0.4) is 0 Å². The molecule has 0 spiro atoms. The van der Waals surface area contributed by atoms with Gasteiger partial charge in [-0.3, -0.25) is 4.90 Å². The van der Waals surface area contributed by atoms with Crippen LogP contribution in [0.25, 0.3) is 0 Å². The average molecular weight is 249 g/mol. The summed E-state index contributed by atoms with van der Waals surface area (Å²) in [6.07, 6.45) is 0.558. The van der Waals surface area contributed by atoms with Crippen molar-refractivity contribution < 1.29 is 9.90 Å². The third kappa shape index (κ3) is 3.21. The summed E-state index contributed by atoms with van der Waals surface area (Å²) in [7, 11) is 0. The van der Waals surface area contributed by atoms with Crippen LogP contribution in [-0.4, -0.2) is 40.2 Å². The number of hydrazine groups is 1. The van der Waals surface area contributed by atoms with E-state index in [1.54, 1.807) is 0 Å². The van der Waals surface area contributed by atoms with Crippen molar-refractivity contribution in [3.05, 3.63) is 35.9 Å². The Morgan fingerprint density at radius 2 is 1.94 bits per heavy atom. The molecule has 1 fully saturated rings. The van der Waals surface area contributed by atoms with E-state index >= 15 is 0 Å². The molecule has 1 aliphatic rings. The Morgan fingerprint density at radius 1 is 1.33 bits per heavy atom. The molecule has 1 aromatic carbocycles. The van der Waals surface area contributed by atoms with Gasteiger partial charge in [-0.15, -0.1) is 0 Å². The number of hydrogen-bond donors (Lipinski definition) is 2. The molecule has 0 atom stereocenters. The first kappa shape index (κ1) is 12.9. The number of hydrogen-bond acceptors (Lipinski definition) is 3. The van der Waals surface area contributed by atoms with Gasteiger partial charge in [0.2, 0.25) is 0 Å². The van der Waals surface area contributed by atoms with E-state index in [2.05, 4.69) is 17.0 Å². The smallest absolute Gasteiger partial charge is 0.421 e. The van der Waals surface area contributed by atoms with Crippen molar-refractivity contribution in [1.29, 1.82) is 0 Å². The first-order chi connectivity index (χ1) is 8.66. The maximum absolute atomic E-state index is 10.8. The van der Waals surface area contributed by atoms with E-state index in [0.717, 1.165) is 37.5 Å². The summed E-state index contributed by atoms with van der Waals surface area (Å²) in [6, 6.07) is 10.3. The van der Waals surface area contributed by atoms with E-state index in [1.165, 1.54) is 5.56 Å². The predicted molar refractivity (Wildman–Crippen MR) is 68.8 cm³/mol. The van der Waals surface area contributed by atoms with Crippen molar-refractivity contribution in [2.24, 2.45) is 5.84 Å². The molecule has 0 unspecified atom stereocenters. The molecule has 1 amide bonds. The molecule has 0 bridgehead atoms. The van der Waals surface area contributed by atoms with Crippen LogP contribution < -0.4 is 5.84 Å². The number of carbonyl (C=O) groups is 1. The van der Waals surface area contributed by atoms with Crippen molar-refractivity contribution in [3.63, 3.8) is 0 Å². The molecule has 98 valence electrons. The van der Waals surface area contributed by atoms with E-state index in [9.17, 15) is 4.79 Å². The first-order valence-electron chi connectivity index (χ1n) is 6.20. The van der Waals surface area contributed by atoms with Crippen molar-refractivity contribution in [1.82, 2.24) is 9.91 Å². The highest BCUT2D eigenvalue weighted by molar-refractivity contribution is 5.64. The minimum absolute atomic E-state index is 0.0467. The van der Waals surface area contributed by atoms with Gasteiger partial charge in [0.1, 0.15) is 0 Å². The average Bonchev–Trinajstić information content (AvgIpc) is 2.40. The quantitative estimate of drug-likeness (QED) is 0.484. The second-order valence-electron chi connectivity index (χ2n) is 4.68. The predicted octanol–water partition coefficient (Wildman–Crippen LogP) is 1.50. The molecule has 1 aliphatic heterocycles. The Bertz CT molecular complexity index is 388. The number of likely N-dealkylation sites (tertiary alicyclic amines) is 1. The van der Waals surface area contributed by atoms with Crippen LogP contribution in [-0.2, 0) is 6.54 Å². The highest BCUT2D eigenvalue weighted by atomic mass is 16.4. The molecule has 1 heterocycles. The van der Waals surface area contributed by atoms with Crippen LogP contribution in [0.1, 0.15) is 18.4 Å². The monoisotopic (exact) mass is 249 g/mol. The molecule has 0 aliphatic carbocycles. The zero-order chi connectivity index (χ0) is 13.0. The summed E-state index contributed by atoms with van der Waals surface area (Å²) in [6.45, 7) is 2.70. The molecule has 3 N–H and O–H groups in total. The Kier molecular flexibility index (Phi) is 4.17. The summed E-state index contributed by atoms with van der Waals surface area (Å²) in [4.78, 5) is 13.1. The van der Waals surface area contributed by atoms with E-state index < -0.39 is 6.09 Å². The number of rotatable bonds is 3. The highest BCUT2D eigenvalue weighted by Crippen LogP contribution is 2.16.